The molecule has 2 aromatic carbocycles. The average molecular weight is 525 g/mol. The molecule has 0 atom stereocenters. The van der Waals surface area contributed by atoms with E-state index in [1.54, 1.807) is 34.8 Å². The van der Waals surface area contributed by atoms with Crippen molar-refractivity contribution in [1.82, 2.24) is 4.31 Å². The average Bonchev–Trinajstić information content (AvgIpc) is 2.78. The van der Waals surface area contributed by atoms with E-state index in [0.29, 0.717) is 33.7 Å². The van der Waals surface area contributed by atoms with Gasteiger partial charge in [0, 0.05) is 43.0 Å². The van der Waals surface area contributed by atoms with Crippen molar-refractivity contribution >= 4 is 50.8 Å². The molecule has 34 heavy (non-hydrogen) atoms. The number of halogens is 2. The molecule has 1 aliphatic rings. The minimum atomic E-state index is -3.72. The summed E-state index contributed by atoms with van der Waals surface area (Å²) in [5.74, 6) is 0.445. The van der Waals surface area contributed by atoms with E-state index >= 15 is 0 Å². The fraction of sp³-hybridized carbons (Fsp3) is 0.500. The molecule has 2 aromatic rings. The van der Waals surface area contributed by atoms with Gasteiger partial charge in [0.15, 0.2) is 0 Å². The van der Waals surface area contributed by atoms with Crippen molar-refractivity contribution < 1.29 is 8.42 Å². The normalized spacial score (nSPS) is 15.3. The highest BCUT2D eigenvalue weighted by atomic mass is 35.5. The molecule has 1 fully saturated rings. The highest BCUT2D eigenvalue weighted by Gasteiger charge is 2.30. The van der Waals surface area contributed by atoms with Gasteiger partial charge in [-0.2, -0.15) is 4.31 Å². The van der Waals surface area contributed by atoms with Crippen molar-refractivity contribution in [2.24, 2.45) is 16.8 Å². The summed E-state index contributed by atoms with van der Waals surface area (Å²) in [6.07, 6.45) is 4.95. The van der Waals surface area contributed by atoms with Gasteiger partial charge in [0.05, 0.1) is 16.4 Å². The van der Waals surface area contributed by atoms with E-state index < -0.39 is 10.0 Å². The third-order valence-electron chi connectivity index (χ3n) is 5.71. The molecule has 0 aromatic heterocycles. The zero-order valence-corrected chi connectivity index (χ0v) is 22.8. The zero-order valence-electron chi connectivity index (χ0n) is 20.5. The molecule has 0 N–H and O–H groups in total. The number of nitrogens with zero attached hydrogens (tertiary/aromatic N) is 3. The van der Waals surface area contributed by atoms with E-state index in [1.165, 1.54) is 6.42 Å². The van der Waals surface area contributed by atoms with Crippen LogP contribution in [0.25, 0.3) is 0 Å². The molecular formula is C26H35Cl2N3O2S. The van der Waals surface area contributed by atoms with Crippen LogP contribution >= 0.6 is 23.2 Å². The molecule has 8 heteroatoms. The van der Waals surface area contributed by atoms with Crippen LogP contribution in [0.5, 0.6) is 0 Å². The second-order valence-corrected chi connectivity index (χ2v) is 12.5. The lowest BCUT2D eigenvalue weighted by atomic mass is 10.1. The zero-order chi connectivity index (χ0) is 24.9. The van der Waals surface area contributed by atoms with E-state index in [0.717, 1.165) is 37.2 Å². The van der Waals surface area contributed by atoms with Crippen molar-refractivity contribution in [3.8, 4) is 0 Å². The van der Waals surface area contributed by atoms with Crippen LogP contribution < -0.4 is 4.90 Å². The summed E-state index contributed by atoms with van der Waals surface area (Å²) in [7, 11) is -3.72. The number of hydrogen-bond donors (Lipinski definition) is 0. The molecule has 0 unspecified atom stereocenters. The van der Waals surface area contributed by atoms with Gasteiger partial charge in [-0.25, -0.2) is 8.42 Å². The van der Waals surface area contributed by atoms with Crippen LogP contribution in [-0.2, 0) is 10.0 Å². The Morgan fingerprint density at radius 2 is 1.62 bits per heavy atom. The number of rotatable bonds is 9. The van der Waals surface area contributed by atoms with Crippen LogP contribution in [0.4, 0.5) is 11.4 Å². The lowest BCUT2D eigenvalue weighted by molar-refractivity contribution is 0.333. The monoisotopic (exact) mass is 523 g/mol. The van der Waals surface area contributed by atoms with E-state index in [-0.39, 0.29) is 11.8 Å². The Hall–Kier alpha value is -1.60. The summed E-state index contributed by atoms with van der Waals surface area (Å²) in [6, 6.07) is 10.7. The van der Waals surface area contributed by atoms with Crippen LogP contribution in [0.15, 0.2) is 46.3 Å². The summed E-state index contributed by atoms with van der Waals surface area (Å²) in [6.45, 7) is 10.9. The molecule has 5 nitrogen and oxygen atoms in total. The summed E-state index contributed by atoms with van der Waals surface area (Å²) in [5, 5.41) is 1.05. The molecule has 3 rings (SSSR count). The number of hydrogen-bond acceptors (Lipinski definition) is 4. The standard InChI is InChI=1S/C26H35Cl2N3O2S/c1-19(2)17-31(18-20(3)4)34(32,33)26-15-23(10-11-25(26)30-12-6-5-7-13-30)29-16-21-8-9-22(27)14-24(21)28/h8-11,14-16,19-20H,5-7,12-13,17-18H2,1-4H3. The molecule has 0 spiro atoms. The van der Waals surface area contributed by atoms with E-state index in [9.17, 15) is 8.42 Å². The Labute approximate surface area is 214 Å². The van der Waals surface area contributed by atoms with Gasteiger partial charge in [-0.1, -0.05) is 57.0 Å². The van der Waals surface area contributed by atoms with E-state index in [4.69, 9.17) is 23.2 Å². The van der Waals surface area contributed by atoms with Gasteiger partial charge < -0.3 is 4.90 Å². The number of sulfonamides is 1. The van der Waals surface area contributed by atoms with Crippen LogP contribution in [0, 0.1) is 11.8 Å². The molecular weight excluding hydrogens is 489 g/mol. The fourth-order valence-corrected chi connectivity index (χ4v) is 6.62. The molecule has 1 heterocycles. The molecule has 0 radical (unpaired) electrons. The number of piperidine rings is 1. The molecule has 1 saturated heterocycles. The Kier molecular flexibility index (Phi) is 9.44. The molecule has 186 valence electrons. The smallest absolute Gasteiger partial charge is 0.245 e. The van der Waals surface area contributed by atoms with Crippen LogP contribution in [-0.4, -0.2) is 45.1 Å². The SMILES string of the molecule is CC(C)CN(CC(C)C)S(=O)(=O)c1cc(N=Cc2ccc(Cl)cc2Cl)ccc1N1CCCCC1. The Balaban J connectivity index is 2.06. The summed E-state index contributed by atoms with van der Waals surface area (Å²) < 4.78 is 29.6. The Bertz CT molecular complexity index is 1100. The lowest BCUT2D eigenvalue weighted by Crippen LogP contribution is -2.38. The minimum absolute atomic E-state index is 0.222. The third kappa shape index (κ3) is 6.97. The highest BCUT2D eigenvalue weighted by Crippen LogP contribution is 2.34. The first-order valence-electron chi connectivity index (χ1n) is 12.0. The van der Waals surface area contributed by atoms with Gasteiger partial charge in [-0.3, -0.25) is 4.99 Å². The maximum atomic E-state index is 14.0. The molecule has 0 amide bonds. The second-order valence-electron chi connectivity index (χ2n) is 9.73. The largest absolute Gasteiger partial charge is 0.370 e. The number of benzene rings is 2. The second kappa shape index (κ2) is 11.9. The van der Waals surface area contributed by atoms with Gasteiger partial charge in [-0.15, -0.1) is 0 Å². The van der Waals surface area contributed by atoms with Crippen LogP contribution in [0.3, 0.4) is 0 Å². The van der Waals surface area contributed by atoms with Crippen LogP contribution in [0.1, 0.15) is 52.5 Å². The van der Waals surface area contributed by atoms with Crippen molar-refractivity contribution in [2.45, 2.75) is 51.9 Å². The van der Waals surface area contributed by atoms with Gasteiger partial charge in [0.25, 0.3) is 0 Å². The Morgan fingerprint density at radius 1 is 0.971 bits per heavy atom. The first-order valence-corrected chi connectivity index (χ1v) is 14.2. The molecule has 0 aliphatic carbocycles. The van der Waals surface area contributed by atoms with Gasteiger partial charge >= 0.3 is 0 Å². The third-order valence-corrected chi connectivity index (χ3v) is 8.13. The fourth-order valence-electron chi connectivity index (χ4n) is 4.16. The maximum Gasteiger partial charge on any atom is 0.245 e. The van der Waals surface area contributed by atoms with Crippen molar-refractivity contribution in [3.05, 3.63) is 52.0 Å². The van der Waals surface area contributed by atoms with Gasteiger partial charge in [0.2, 0.25) is 10.0 Å². The van der Waals surface area contributed by atoms with Crippen LogP contribution in [0.2, 0.25) is 10.0 Å². The topological polar surface area (TPSA) is 53.0 Å². The van der Waals surface area contributed by atoms with E-state index in [1.807, 2.05) is 39.8 Å². The predicted molar refractivity (Wildman–Crippen MR) is 145 cm³/mol. The predicted octanol–water partition coefficient (Wildman–Crippen LogP) is 7.04. The van der Waals surface area contributed by atoms with Crippen molar-refractivity contribution in [1.29, 1.82) is 0 Å². The van der Waals surface area contributed by atoms with Crippen molar-refractivity contribution in [3.63, 3.8) is 0 Å². The number of anilines is 1. The molecule has 0 saturated carbocycles. The van der Waals surface area contributed by atoms with E-state index in [2.05, 4.69) is 9.89 Å². The number of aliphatic imine (C=N–C) groups is 1. The summed E-state index contributed by atoms with van der Waals surface area (Å²) in [5.41, 5.74) is 2.05. The summed E-state index contributed by atoms with van der Waals surface area (Å²) in [4.78, 5) is 7.08. The van der Waals surface area contributed by atoms with Gasteiger partial charge in [-0.05, 0) is 61.4 Å². The quantitative estimate of drug-likeness (QED) is 0.331. The molecule has 0 bridgehead atoms. The summed E-state index contributed by atoms with van der Waals surface area (Å²) >= 11 is 12.3. The lowest BCUT2D eigenvalue weighted by Gasteiger charge is -2.32. The molecule has 1 aliphatic heterocycles. The minimum Gasteiger partial charge on any atom is -0.370 e. The first-order chi connectivity index (χ1) is 16.1. The maximum absolute atomic E-state index is 14.0. The Morgan fingerprint density at radius 3 is 2.21 bits per heavy atom. The van der Waals surface area contributed by atoms with Gasteiger partial charge in [0.1, 0.15) is 4.90 Å². The highest BCUT2D eigenvalue weighted by molar-refractivity contribution is 7.89. The van der Waals surface area contributed by atoms with Crippen molar-refractivity contribution in [2.75, 3.05) is 31.1 Å². The first kappa shape index (κ1) is 27.0.